The van der Waals surface area contributed by atoms with Crippen molar-refractivity contribution < 1.29 is 24.0 Å². The fourth-order valence-electron chi connectivity index (χ4n) is 3.63. The molecule has 0 radical (unpaired) electrons. The van der Waals surface area contributed by atoms with Gasteiger partial charge >= 0.3 is 0 Å². The monoisotopic (exact) mass is 586 g/mol. The minimum atomic E-state index is -1.09. The van der Waals surface area contributed by atoms with Crippen LogP contribution in [0.4, 0.5) is 5.69 Å². The number of fused-ring (bicyclic) bond motifs is 1. The summed E-state index contributed by atoms with van der Waals surface area (Å²) in [6, 6.07) is 13.6. The van der Waals surface area contributed by atoms with E-state index in [-0.39, 0.29) is 16.9 Å². The third-order valence-electron chi connectivity index (χ3n) is 5.21. The number of halogens is 2. The summed E-state index contributed by atoms with van der Waals surface area (Å²) in [5, 5.41) is 11.6. The molecular formula is C24H16Br2N2O6. The normalized spacial score (nSPS) is 12.6. The third kappa shape index (κ3) is 4.38. The van der Waals surface area contributed by atoms with Crippen LogP contribution < -0.4 is 4.74 Å². The Hall–Kier alpha value is -3.37. The number of nitro groups is 1. The standard InChI is InChI=1S/C24H16Br2N2O6/c1-2-3-13-4-7-16-17(10-13)23(30)27(22(16)29)24(31)18-12-15(6-8-20(18)28(32)33)34-21-9-5-14(25)11-19(21)26/h4-12H,2-3H2,1H3. The van der Waals surface area contributed by atoms with Gasteiger partial charge in [-0.1, -0.05) is 35.3 Å². The average Bonchev–Trinajstić information content (AvgIpc) is 3.05. The van der Waals surface area contributed by atoms with Crippen LogP contribution in [0.25, 0.3) is 0 Å². The topological polar surface area (TPSA) is 107 Å². The van der Waals surface area contributed by atoms with E-state index in [2.05, 4.69) is 31.9 Å². The Kier molecular flexibility index (Phi) is 6.63. The summed E-state index contributed by atoms with van der Waals surface area (Å²) >= 11 is 6.70. The largest absolute Gasteiger partial charge is 0.456 e. The molecule has 1 heterocycles. The van der Waals surface area contributed by atoms with Gasteiger partial charge in [0.1, 0.15) is 17.1 Å². The predicted molar refractivity (Wildman–Crippen MR) is 130 cm³/mol. The number of nitrogens with zero attached hydrogens (tertiary/aromatic N) is 2. The first-order valence-corrected chi connectivity index (χ1v) is 11.8. The molecule has 4 rings (SSSR count). The highest BCUT2D eigenvalue weighted by Crippen LogP contribution is 2.35. The van der Waals surface area contributed by atoms with Gasteiger partial charge in [-0.2, -0.15) is 0 Å². The molecule has 172 valence electrons. The second kappa shape index (κ2) is 9.47. The Bertz CT molecular complexity index is 1370. The first-order chi connectivity index (χ1) is 16.2. The van der Waals surface area contributed by atoms with E-state index < -0.39 is 33.9 Å². The number of ether oxygens (including phenoxy) is 1. The summed E-state index contributed by atoms with van der Waals surface area (Å²) in [4.78, 5) is 50.5. The number of hydrogen-bond acceptors (Lipinski definition) is 6. The molecule has 0 N–H and O–H groups in total. The molecule has 0 aliphatic carbocycles. The maximum atomic E-state index is 13.3. The van der Waals surface area contributed by atoms with Crippen molar-refractivity contribution in [3.05, 3.63) is 95.9 Å². The number of hydrogen-bond donors (Lipinski definition) is 0. The summed E-state index contributed by atoms with van der Waals surface area (Å²) in [5.74, 6) is -2.18. The number of nitro benzene ring substituents is 1. The third-order valence-corrected chi connectivity index (χ3v) is 6.32. The zero-order valence-electron chi connectivity index (χ0n) is 17.7. The van der Waals surface area contributed by atoms with Crippen molar-refractivity contribution in [2.75, 3.05) is 0 Å². The summed E-state index contributed by atoms with van der Waals surface area (Å²) < 4.78 is 7.19. The van der Waals surface area contributed by atoms with Gasteiger partial charge in [0.2, 0.25) is 0 Å². The molecular weight excluding hydrogens is 572 g/mol. The van der Waals surface area contributed by atoms with Gasteiger partial charge in [0.05, 0.1) is 20.5 Å². The van der Waals surface area contributed by atoms with Crippen LogP contribution in [0.5, 0.6) is 11.5 Å². The predicted octanol–water partition coefficient (Wildman–Crippen LogP) is 6.30. The summed E-state index contributed by atoms with van der Waals surface area (Å²) in [6.45, 7) is 1.98. The highest BCUT2D eigenvalue weighted by molar-refractivity contribution is 9.11. The molecule has 0 bridgehead atoms. The number of carbonyl (C=O) groups is 3. The molecule has 34 heavy (non-hydrogen) atoms. The van der Waals surface area contributed by atoms with Crippen molar-refractivity contribution in [2.24, 2.45) is 0 Å². The van der Waals surface area contributed by atoms with Gasteiger partial charge in [-0.25, -0.2) is 4.90 Å². The Morgan fingerprint density at radius 1 is 1.00 bits per heavy atom. The molecule has 10 heteroatoms. The minimum Gasteiger partial charge on any atom is -0.456 e. The molecule has 0 fully saturated rings. The molecule has 1 aliphatic rings. The molecule has 0 spiro atoms. The molecule has 0 saturated carbocycles. The van der Waals surface area contributed by atoms with Crippen molar-refractivity contribution in [3.63, 3.8) is 0 Å². The van der Waals surface area contributed by atoms with Gasteiger partial charge in [-0.3, -0.25) is 24.5 Å². The fourth-order valence-corrected chi connectivity index (χ4v) is 4.76. The molecule has 1 aliphatic heterocycles. The minimum absolute atomic E-state index is 0.0899. The fraction of sp³-hybridized carbons (Fsp3) is 0.125. The van der Waals surface area contributed by atoms with E-state index in [1.807, 2.05) is 6.92 Å². The maximum Gasteiger partial charge on any atom is 0.282 e. The highest BCUT2D eigenvalue weighted by atomic mass is 79.9. The van der Waals surface area contributed by atoms with E-state index in [1.165, 1.54) is 12.1 Å². The second-order valence-electron chi connectivity index (χ2n) is 7.49. The van der Waals surface area contributed by atoms with Crippen molar-refractivity contribution >= 4 is 55.3 Å². The molecule has 8 nitrogen and oxygen atoms in total. The zero-order chi connectivity index (χ0) is 24.6. The van der Waals surface area contributed by atoms with Crippen LogP contribution in [0.3, 0.4) is 0 Å². The van der Waals surface area contributed by atoms with Crippen LogP contribution in [0.2, 0.25) is 0 Å². The van der Waals surface area contributed by atoms with E-state index in [9.17, 15) is 24.5 Å². The molecule has 3 aromatic carbocycles. The number of imide groups is 3. The molecule has 0 atom stereocenters. The lowest BCUT2D eigenvalue weighted by molar-refractivity contribution is -0.385. The van der Waals surface area contributed by atoms with Crippen LogP contribution in [0, 0.1) is 10.1 Å². The van der Waals surface area contributed by atoms with Gasteiger partial charge in [0.25, 0.3) is 23.4 Å². The van der Waals surface area contributed by atoms with Crippen LogP contribution in [0.1, 0.15) is 50.0 Å². The average molecular weight is 588 g/mol. The number of benzene rings is 3. The Balaban J connectivity index is 1.71. The molecule has 0 aromatic heterocycles. The van der Waals surface area contributed by atoms with Gasteiger partial charge in [0, 0.05) is 16.6 Å². The first kappa shape index (κ1) is 23.8. The van der Waals surface area contributed by atoms with E-state index in [4.69, 9.17) is 4.74 Å². The van der Waals surface area contributed by atoms with E-state index in [0.717, 1.165) is 28.6 Å². The number of carbonyl (C=O) groups excluding carboxylic acids is 3. The molecule has 3 aromatic rings. The summed E-state index contributed by atoms with van der Waals surface area (Å²) in [7, 11) is 0. The summed E-state index contributed by atoms with van der Waals surface area (Å²) in [6.07, 6.45) is 1.55. The lowest BCUT2D eigenvalue weighted by Crippen LogP contribution is -2.36. The van der Waals surface area contributed by atoms with Crippen LogP contribution in [-0.4, -0.2) is 27.5 Å². The molecule has 0 unspecified atom stereocenters. The quantitative estimate of drug-likeness (QED) is 0.190. The van der Waals surface area contributed by atoms with Crippen LogP contribution in [0.15, 0.2) is 63.5 Å². The van der Waals surface area contributed by atoms with Gasteiger partial charge < -0.3 is 4.74 Å². The molecule has 0 saturated heterocycles. The van der Waals surface area contributed by atoms with Gasteiger partial charge in [-0.05, 0) is 64.3 Å². The van der Waals surface area contributed by atoms with Crippen molar-refractivity contribution in [2.45, 2.75) is 19.8 Å². The lowest BCUT2D eigenvalue weighted by Gasteiger charge is -2.14. The summed E-state index contributed by atoms with van der Waals surface area (Å²) in [5.41, 5.74) is 0.0813. The zero-order valence-corrected chi connectivity index (χ0v) is 20.9. The van der Waals surface area contributed by atoms with Crippen LogP contribution >= 0.6 is 31.9 Å². The van der Waals surface area contributed by atoms with Gasteiger partial charge in [0.15, 0.2) is 0 Å². The SMILES string of the molecule is CCCc1ccc2c(c1)C(=O)N(C(=O)c1cc(Oc3ccc(Br)cc3Br)ccc1[N+](=O)[O-])C2=O. The van der Waals surface area contributed by atoms with Crippen molar-refractivity contribution in [3.8, 4) is 11.5 Å². The van der Waals surface area contributed by atoms with Gasteiger partial charge in [-0.15, -0.1) is 0 Å². The van der Waals surface area contributed by atoms with E-state index in [1.54, 1.807) is 30.3 Å². The van der Waals surface area contributed by atoms with Crippen molar-refractivity contribution in [1.82, 2.24) is 4.90 Å². The maximum absolute atomic E-state index is 13.3. The smallest absolute Gasteiger partial charge is 0.282 e. The Labute approximate surface area is 210 Å². The Morgan fingerprint density at radius 3 is 2.41 bits per heavy atom. The van der Waals surface area contributed by atoms with Crippen molar-refractivity contribution in [1.29, 1.82) is 0 Å². The first-order valence-electron chi connectivity index (χ1n) is 10.2. The Morgan fingerprint density at radius 2 is 1.74 bits per heavy atom. The number of amides is 3. The lowest BCUT2D eigenvalue weighted by atomic mass is 10.0. The molecule has 3 amide bonds. The number of aryl methyl sites for hydroxylation is 1. The second-order valence-corrected chi connectivity index (χ2v) is 9.26. The van der Waals surface area contributed by atoms with E-state index >= 15 is 0 Å². The van der Waals surface area contributed by atoms with Crippen LogP contribution in [-0.2, 0) is 6.42 Å². The number of rotatable bonds is 6. The van der Waals surface area contributed by atoms with E-state index in [0.29, 0.717) is 21.5 Å². The highest BCUT2D eigenvalue weighted by Gasteiger charge is 2.42.